The Kier molecular flexibility index (Phi) is 13.9. The summed E-state index contributed by atoms with van der Waals surface area (Å²) < 4.78 is 6.93. The summed E-state index contributed by atoms with van der Waals surface area (Å²) in [6.07, 6.45) is 5.47. The summed E-state index contributed by atoms with van der Waals surface area (Å²) in [6, 6.07) is 92.7. The van der Waals surface area contributed by atoms with Crippen molar-refractivity contribution in [2.75, 3.05) is 0 Å². The molecule has 0 aliphatic carbocycles. The van der Waals surface area contributed by atoms with Crippen molar-refractivity contribution in [3.05, 3.63) is 290 Å². The summed E-state index contributed by atoms with van der Waals surface area (Å²) in [5.74, 6) is 0. The van der Waals surface area contributed by atoms with Crippen LogP contribution in [0.3, 0.4) is 0 Å². The average molecular weight is 1190 g/mol. The molecule has 6 nitrogen and oxygen atoms in total. The average Bonchev–Trinajstić information content (AvgIpc) is 4.36. The zero-order valence-electron chi connectivity index (χ0n) is 43.8. The summed E-state index contributed by atoms with van der Waals surface area (Å²) in [5.41, 5.74) is 20.3. The van der Waals surface area contributed by atoms with Gasteiger partial charge in [-0.15, -0.1) is 71.3 Å². The molecule has 9 aromatic carbocycles. The summed E-state index contributed by atoms with van der Waals surface area (Å²) in [6.45, 7) is 6.34. The zero-order chi connectivity index (χ0) is 52.5. The van der Waals surface area contributed by atoms with Crippen molar-refractivity contribution in [3.8, 4) is 50.8 Å². The van der Waals surface area contributed by atoms with Crippen LogP contribution in [-0.2, 0) is 20.1 Å². The minimum Gasteiger partial charge on any atom is -0.351 e. The molecule has 7 heteroatoms. The van der Waals surface area contributed by atoms with E-state index in [4.69, 9.17) is 0 Å². The molecule has 15 aromatic rings. The first-order chi connectivity index (χ1) is 38.4. The fourth-order valence-electron chi connectivity index (χ4n) is 10.7. The number of pyridine rings is 3. The first-order valence-electron chi connectivity index (χ1n) is 26.2. The van der Waals surface area contributed by atoms with Crippen LogP contribution >= 0.6 is 0 Å². The van der Waals surface area contributed by atoms with Crippen LogP contribution in [0.2, 0.25) is 0 Å². The number of hydrogen-bond donors (Lipinski definition) is 0. The van der Waals surface area contributed by atoms with E-state index in [0.29, 0.717) is 0 Å². The number of fused-ring (bicyclic) bond motifs is 9. The second-order valence-corrected chi connectivity index (χ2v) is 19.6. The van der Waals surface area contributed by atoms with Crippen LogP contribution in [0.25, 0.3) is 116 Å². The molecule has 0 spiro atoms. The van der Waals surface area contributed by atoms with Gasteiger partial charge in [-0.1, -0.05) is 160 Å². The molecule has 0 radical (unpaired) electrons. The van der Waals surface area contributed by atoms with Crippen LogP contribution < -0.4 is 0 Å². The van der Waals surface area contributed by atoms with Crippen LogP contribution in [0, 0.1) is 39.0 Å². The monoisotopic (exact) mass is 1190 g/mol. The molecule has 0 unspecified atom stereocenters. The van der Waals surface area contributed by atoms with E-state index >= 15 is 0 Å². The molecule has 0 fully saturated rings. The molecule has 79 heavy (non-hydrogen) atoms. The number of aryl methyl sites for hydroxylation is 3. The molecule has 6 aromatic heterocycles. The smallest absolute Gasteiger partial charge is 0.351 e. The van der Waals surface area contributed by atoms with Crippen molar-refractivity contribution in [3.63, 3.8) is 0 Å². The molecule has 0 saturated carbocycles. The van der Waals surface area contributed by atoms with Gasteiger partial charge in [0.2, 0.25) is 0 Å². The maximum absolute atomic E-state index is 4.47. The molecule has 6 heterocycles. The van der Waals surface area contributed by atoms with Crippen LogP contribution in [0.5, 0.6) is 0 Å². The van der Waals surface area contributed by atoms with Gasteiger partial charge in [0, 0.05) is 52.2 Å². The Hall–Kier alpha value is -9.52. The van der Waals surface area contributed by atoms with Gasteiger partial charge in [-0.25, -0.2) is 0 Å². The molecule has 0 atom stereocenters. The second kappa shape index (κ2) is 21.8. The second-order valence-electron chi connectivity index (χ2n) is 19.6. The van der Waals surface area contributed by atoms with Gasteiger partial charge in [-0.05, 0) is 143 Å². The third-order valence-corrected chi connectivity index (χ3v) is 14.5. The predicted octanol–water partition coefficient (Wildman–Crippen LogP) is 17.9. The van der Waals surface area contributed by atoms with Gasteiger partial charge in [0.1, 0.15) is 0 Å². The minimum atomic E-state index is 0. The van der Waals surface area contributed by atoms with E-state index in [1.54, 1.807) is 0 Å². The summed E-state index contributed by atoms with van der Waals surface area (Å²) in [5, 5.41) is 7.40. The summed E-state index contributed by atoms with van der Waals surface area (Å²) in [7, 11) is 0. The van der Waals surface area contributed by atoms with Crippen LogP contribution in [0.15, 0.2) is 255 Å². The van der Waals surface area contributed by atoms with E-state index < -0.39 is 0 Å². The van der Waals surface area contributed by atoms with Crippen molar-refractivity contribution in [1.29, 1.82) is 0 Å². The van der Waals surface area contributed by atoms with Gasteiger partial charge in [0.05, 0.1) is 0 Å². The Balaban J connectivity index is 0.000000118. The number of hydrogen-bond acceptors (Lipinski definition) is 3. The maximum Gasteiger partial charge on any atom is 3.00 e. The normalized spacial score (nSPS) is 11.1. The van der Waals surface area contributed by atoms with Crippen molar-refractivity contribution < 1.29 is 20.1 Å². The third kappa shape index (κ3) is 9.72. The van der Waals surface area contributed by atoms with E-state index in [0.717, 1.165) is 50.3 Å². The molecule has 0 bridgehead atoms. The summed E-state index contributed by atoms with van der Waals surface area (Å²) in [4.78, 5) is 13.4. The molecule has 0 N–H and O–H groups in total. The quantitative estimate of drug-likeness (QED) is 0.156. The Labute approximate surface area is 472 Å². The fraction of sp³-hybridized carbons (Fsp3) is 0.0417. The van der Waals surface area contributed by atoms with Crippen molar-refractivity contribution in [1.82, 2.24) is 28.7 Å². The van der Waals surface area contributed by atoms with Crippen LogP contribution in [0.1, 0.15) is 16.7 Å². The van der Waals surface area contributed by atoms with Crippen molar-refractivity contribution >= 4 is 65.4 Å². The molecule has 378 valence electrons. The number of nitrogens with zero attached hydrogens (tertiary/aromatic N) is 6. The first kappa shape index (κ1) is 50.3. The number of para-hydroxylation sites is 3. The van der Waals surface area contributed by atoms with Gasteiger partial charge >= 0.3 is 20.1 Å². The zero-order valence-corrected chi connectivity index (χ0v) is 46.2. The fourth-order valence-corrected chi connectivity index (χ4v) is 10.7. The van der Waals surface area contributed by atoms with Crippen molar-refractivity contribution in [2.24, 2.45) is 0 Å². The molecule has 0 aliphatic heterocycles. The minimum absolute atomic E-state index is 0. The third-order valence-electron chi connectivity index (χ3n) is 14.5. The Bertz CT molecular complexity index is 4130. The topological polar surface area (TPSA) is 53.5 Å². The number of rotatable bonds is 6. The van der Waals surface area contributed by atoms with Crippen LogP contribution in [0.4, 0.5) is 0 Å². The number of aromatic nitrogens is 6. The largest absolute Gasteiger partial charge is 3.00 e. The van der Waals surface area contributed by atoms with Gasteiger partial charge in [0.25, 0.3) is 0 Å². The van der Waals surface area contributed by atoms with Crippen LogP contribution in [-0.4, -0.2) is 28.7 Å². The molecule has 0 amide bonds. The van der Waals surface area contributed by atoms with Gasteiger partial charge < -0.3 is 28.7 Å². The standard InChI is InChI=1S/3C24H17N2.Ir/c3*1-17-9-12-19(13-10-17)26-23-8-3-2-6-20(23)21-16-18(11-14-24(21)26)22-7-4-5-15-25-22;/h3*2-10,12-16H,1H3;/q3*-1;+3. The molecule has 0 aliphatic rings. The predicted molar refractivity (Wildman–Crippen MR) is 323 cm³/mol. The van der Waals surface area contributed by atoms with Gasteiger partial charge in [-0.3, -0.25) is 0 Å². The Morgan fingerprint density at radius 3 is 0.810 bits per heavy atom. The van der Waals surface area contributed by atoms with E-state index in [1.165, 1.54) is 82.6 Å². The molecular formula is C72H51IrN6. The Morgan fingerprint density at radius 2 is 0.544 bits per heavy atom. The Morgan fingerprint density at radius 1 is 0.278 bits per heavy atom. The van der Waals surface area contributed by atoms with Gasteiger partial charge in [-0.2, -0.15) is 0 Å². The molecule has 0 saturated heterocycles. The molecule has 15 rings (SSSR count). The SMILES string of the molecule is Cc1ccc(-n2c3c[c-]c(-c4ccccn4)cc3c3ccccc32)cc1.Cc1ccc(-n2c3c[c-]c(-c4ccccn4)cc3c3ccccc32)cc1.Cc1ccc(-n2c3c[c-]c(-c4ccccn4)cc3c3ccccc32)cc1.[Ir+3]. The van der Waals surface area contributed by atoms with Gasteiger partial charge in [0.15, 0.2) is 0 Å². The molecular weight excluding hydrogens is 1140 g/mol. The first-order valence-corrected chi connectivity index (χ1v) is 26.2. The summed E-state index contributed by atoms with van der Waals surface area (Å²) >= 11 is 0. The van der Waals surface area contributed by atoms with E-state index in [9.17, 15) is 0 Å². The van der Waals surface area contributed by atoms with Crippen molar-refractivity contribution in [2.45, 2.75) is 20.8 Å². The maximum atomic E-state index is 4.47. The van der Waals surface area contributed by atoms with E-state index in [2.05, 4.69) is 250 Å². The van der Waals surface area contributed by atoms with E-state index in [-0.39, 0.29) is 20.1 Å². The number of benzene rings is 9. The van der Waals surface area contributed by atoms with E-state index in [1.807, 2.05) is 73.2 Å².